The fourth-order valence-electron chi connectivity index (χ4n) is 5.77. The third-order valence-electron chi connectivity index (χ3n) is 7.92. The van der Waals surface area contributed by atoms with Gasteiger partial charge in [0.2, 0.25) is 25.8 Å². The summed E-state index contributed by atoms with van der Waals surface area (Å²) < 4.78 is 74.7. The van der Waals surface area contributed by atoms with Gasteiger partial charge in [-0.1, -0.05) is 32.6 Å². The van der Waals surface area contributed by atoms with Crippen LogP contribution in [0.15, 0.2) is 46.2 Å². The highest BCUT2D eigenvalue weighted by molar-refractivity contribution is 7.89. The normalized spacial score (nSPS) is 20.7. The maximum atomic E-state index is 14.1. The molecular formula is C28H40N2O7S2. The lowest BCUT2D eigenvalue weighted by Crippen LogP contribution is -2.44. The van der Waals surface area contributed by atoms with Crippen LogP contribution in [-0.4, -0.2) is 54.6 Å². The van der Waals surface area contributed by atoms with Crippen molar-refractivity contribution in [2.75, 3.05) is 21.3 Å². The molecule has 2 fully saturated rings. The first-order valence-corrected chi connectivity index (χ1v) is 16.5. The van der Waals surface area contributed by atoms with Crippen molar-refractivity contribution in [2.45, 2.75) is 86.7 Å². The van der Waals surface area contributed by atoms with Crippen molar-refractivity contribution in [1.82, 2.24) is 9.03 Å². The minimum absolute atomic E-state index is 0.0625. The van der Waals surface area contributed by atoms with Crippen molar-refractivity contribution in [1.29, 1.82) is 0 Å². The molecule has 0 spiro atoms. The summed E-state index contributed by atoms with van der Waals surface area (Å²) in [5.74, 6) is 1.51. The summed E-state index contributed by atoms with van der Waals surface area (Å²) in [4.78, 5) is 0.128. The van der Waals surface area contributed by atoms with Crippen LogP contribution in [0.3, 0.4) is 0 Å². The average molecular weight is 581 g/mol. The van der Waals surface area contributed by atoms with Gasteiger partial charge in [-0.2, -0.15) is 4.31 Å². The van der Waals surface area contributed by atoms with Crippen LogP contribution in [0, 0.1) is 5.92 Å². The fraction of sp³-hybridized carbons (Fsp3) is 0.571. The minimum Gasteiger partial charge on any atom is -0.493 e. The van der Waals surface area contributed by atoms with Crippen LogP contribution < -0.4 is 18.9 Å². The third kappa shape index (κ3) is 6.53. The van der Waals surface area contributed by atoms with Crippen molar-refractivity contribution in [2.24, 2.45) is 5.92 Å². The SMILES string of the molecule is COc1cc(CN(C2CCCC[C@@H]2C)S(=O)(=O)c2ccc(S(=O)(=O)NC3CCCC3)cc2)cc(OC)c1OC. The molecule has 0 aliphatic heterocycles. The first-order valence-electron chi connectivity index (χ1n) is 13.5. The van der Waals surface area contributed by atoms with E-state index in [1.807, 2.05) is 0 Å². The second-order valence-electron chi connectivity index (χ2n) is 10.5. The van der Waals surface area contributed by atoms with Gasteiger partial charge in [0.05, 0.1) is 31.1 Å². The van der Waals surface area contributed by atoms with Gasteiger partial charge in [-0.15, -0.1) is 0 Å². The maximum Gasteiger partial charge on any atom is 0.243 e. The number of methoxy groups -OCH3 is 3. The van der Waals surface area contributed by atoms with E-state index in [0.29, 0.717) is 22.8 Å². The second kappa shape index (κ2) is 12.4. The van der Waals surface area contributed by atoms with Crippen LogP contribution in [0.25, 0.3) is 0 Å². The number of rotatable bonds is 11. The molecule has 2 atom stereocenters. The first kappa shape index (κ1) is 29.6. The summed E-state index contributed by atoms with van der Waals surface area (Å²) in [6.45, 7) is 2.20. The molecule has 9 nitrogen and oxygen atoms in total. The van der Waals surface area contributed by atoms with Gasteiger partial charge >= 0.3 is 0 Å². The number of nitrogens with zero attached hydrogens (tertiary/aromatic N) is 1. The van der Waals surface area contributed by atoms with Crippen molar-refractivity contribution in [3.63, 3.8) is 0 Å². The molecule has 2 aromatic rings. The predicted molar refractivity (Wildman–Crippen MR) is 149 cm³/mol. The van der Waals surface area contributed by atoms with E-state index in [2.05, 4.69) is 11.6 Å². The minimum atomic E-state index is -3.97. The van der Waals surface area contributed by atoms with Gasteiger partial charge in [0, 0.05) is 18.6 Å². The number of benzene rings is 2. The average Bonchev–Trinajstić information content (AvgIpc) is 3.44. The third-order valence-corrected chi connectivity index (χ3v) is 11.3. The molecular weight excluding hydrogens is 540 g/mol. The van der Waals surface area contributed by atoms with Gasteiger partial charge in [-0.3, -0.25) is 0 Å². The molecule has 0 radical (unpaired) electrons. The van der Waals surface area contributed by atoms with Crippen LogP contribution in [0.5, 0.6) is 17.2 Å². The van der Waals surface area contributed by atoms with E-state index in [1.54, 1.807) is 16.4 Å². The number of hydrogen-bond acceptors (Lipinski definition) is 7. The smallest absolute Gasteiger partial charge is 0.243 e. The Balaban J connectivity index is 1.68. The van der Waals surface area contributed by atoms with Crippen LogP contribution in [0.2, 0.25) is 0 Å². The lowest BCUT2D eigenvalue weighted by atomic mass is 9.86. The lowest BCUT2D eigenvalue weighted by Gasteiger charge is -2.38. The van der Waals surface area contributed by atoms with Crippen LogP contribution >= 0.6 is 0 Å². The van der Waals surface area contributed by atoms with E-state index in [-0.39, 0.29) is 34.3 Å². The predicted octanol–water partition coefficient (Wildman–Crippen LogP) is 4.70. The summed E-state index contributed by atoms with van der Waals surface area (Å²) in [6.07, 6.45) is 7.36. The standard InChI is InChI=1S/C28H40N2O7S2/c1-20-9-5-8-12-25(20)30(19-21-17-26(35-2)28(37-4)27(18-21)36-3)39(33,34)24-15-13-23(14-16-24)38(31,32)29-22-10-6-7-11-22/h13-18,20,22,25,29H,5-12,19H2,1-4H3/t20-,25?/m0/s1. The fourth-order valence-corrected chi connectivity index (χ4v) is 8.81. The Morgan fingerprint density at radius 1 is 0.795 bits per heavy atom. The Morgan fingerprint density at radius 3 is 1.87 bits per heavy atom. The zero-order valence-electron chi connectivity index (χ0n) is 23.2. The van der Waals surface area contributed by atoms with Gasteiger partial charge in [0.15, 0.2) is 11.5 Å². The molecule has 0 aromatic heterocycles. The summed E-state index contributed by atoms with van der Waals surface area (Å²) in [5.41, 5.74) is 0.700. The topological polar surface area (TPSA) is 111 Å². The monoisotopic (exact) mass is 580 g/mol. The Morgan fingerprint density at radius 2 is 1.33 bits per heavy atom. The van der Waals surface area contributed by atoms with E-state index < -0.39 is 20.0 Å². The van der Waals surface area contributed by atoms with E-state index >= 15 is 0 Å². The van der Waals surface area contributed by atoms with E-state index in [0.717, 1.165) is 51.4 Å². The molecule has 4 rings (SSSR count). The highest BCUT2D eigenvalue weighted by Crippen LogP contribution is 2.40. The van der Waals surface area contributed by atoms with Crippen LogP contribution in [-0.2, 0) is 26.6 Å². The molecule has 2 aliphatic carbocycles. The van der Waals surface area contributed by atoms with Crippen molar-refractivity contribution in [3.8, 4) is 17.2 Å². The molecule has 2 aromatic carbocycles. The van der Waals surface area contributed by atoms with E-state index in [1.165, 1.54) is 45.6 Å². The second-order valence-corrected chi connectivity index (χ2v) is 14.1. The molecule has 2 saturated carbocycles. The summed E-state index contributed by atoms with van der Waals surface area (Å²) in [7, 11) is -3.12. The molecule has 11 heteroatoms. The molecule has 0 amide bonds. The molecule has 1 unspecified atom stereocenters. The van der Waals surface area contributed by atoms with Gasteiger partial charge in [0.1, 0.15) is 0 Å². The highest BCUT2D eigenvalue weighted by Gasteiger charge is 2.36. The number of sulfonamides is 2. The number of nitrogens with one attached hydrogen (secondary N) is 1. The summed E-state index contributed by atoms with van der Waals surface area (Å²) in [5, 5.41) is 0. The number of hydrogen-bond donors (Lipinski definition) is 1. The number of ether oxygens (including phenoxy) is 3. The molecule has 0 heterocycles. The van der Waals surface area contributed by atoms with Crippen LogP contribution in [0.1, 0.15) is 63.9 Å². The maximum absolute atomic E-state index is 14.1. The molecule has 1 N–H and O–H groups in total. The van der Waals surface area contributed by atoms with Gasteiger partial charge in [-0.05, 0) is 73.6 Å². The van der Waals surface area contributed by atoms with Crippen molar-refractivity contribution >= 4 is 20.0 Å². The Hall–Kier alpha value is -2.34. The van der Waals surface area contributed by atoms with Gasteiger partial charge in [0.25, 0.3) is 0 Å². The van der Waals surface area contributed by atoms with E-state index in [4.69, 9.17) is 14.2 Å². The lowest BCUT2D eigenvalue weighted by molar-refractivity contribution is 0.185. The van der Waals surface area contributed by atoms with Gasteiger partial charge < -0.3 is 14.2 Å². The molecule has 39 heavy (non-hydrogen) atoms. The Kier molecular flexibility index (Phi) is 9.46. The van der Waals surface area contributed by atoms with E-state index in [9.17, 15) is 16.8 Å². The molecule has 0 bridgehead atoms. The molecule has 2 aliphatic rings. The zero-order chi connectivity index (χ0) is 28.2. The highest BCUT2D eigenvalue weighted by atomic mass is 32.2. The molecule has 0 saturated heterocycles. The largest absolute Gasteiger partial charge is 0.493 e. The van der Waals surface area contributed by atoms with Crippen molar-refractivity contribution in [3.05, 3.63) is 42.0 Å². The van der Waals surface area contributed by atoms with Gasteiger partial charge in [-0.25, -0.2) is 21.6 Å². The summed E-state index contributed by atoms with van der Waals surface area (Å²) in [6, 6.07) is 8.82. The summed E-state index contributed by atoms with van der Waals surface area (Å²) >= 11 is 0. The van der Waals surface area contributed by atoms with Crippen molar-refractivity contribution < 1.29 is 31.0 Å². The molecule has 216 valence electrons. The first-order chi connectivity index (χ1) is 18.6. The Bertz CT molecular complexity index is 1310. The van der Waals surface area contributed by atoms with Crippen LogP contribution in [0.4, 0.5) is 0 Å². The quantitative estimate of drug-likeness (QED) is 0.410. The zero-order valence-corrected chi connectivity index (χ0v) is 24.8. The Labute approximate surface area is 232 Å².